The van der Waals surface area contributed by atoms with E-state index in [0.717, 1.165) is 6.54 Å². The first-order chi connectivity index (χ1) is 7.27. The van der Waals surface area contributed by atoms with Gasteiger partial charge in [-0.25, -0.2) is 4.98 Å². The zero-order valence-corrected chi connectivity index (χ0v) is 10.7. The number of rotatable bonds is 3. The molecule has 0 aliphatic heterocycles. The number of carbonyl (C=O) groups is 1. The standard InChI is InChI=1S/C10H13BrN2OS/c11-8-3-1-2-7(8)4-12-10(14)9-5-15-6-13-9/h5-8H,1-4H2,(H,12,14). The Morgan fingerprint density at radius 3 is 3.13 bits per heavy atom. The zero-order chi connectivity index (χ0) is 10.7. The molecule has 1 saturated carbocycles. The number of halogens is 1. The molecule has 1 heterocycles. The Labute approximate surface area is 101 Å². The monoisotopic (exact) mass is 288 g/mol. The van der Waals surface area contributed by atoms with Gasteiger partial charge in [-0.05, 0) is 18.8 Å². The number of hydrogen-bond donors (Lipinski definition) is 1. The maximum Gasteiger partial charge on any atom is 0.270 e. The van der Waals surface area contributed by atoms with Crippen LogP contribution in [0.4, 0.5) is 0 Å². The van der Waals surface area contributed by atoms with Crippen LogP contribution in [0.3, 0.4) is 0 Å². The molecule has 1 aromatic heterocycles. The zero-order valence-electron chi connectivity index (χ0n) is 8.28. The van der Waals surface area contributed by atoms with Gasteiger partial charge in [-0.3, -0.25) is 4.79 Å². The van der Waals surface area contributed by atoms with Crippen molar-refractivity contribution < 1.29 is 4.79 Å². The third-order valence-electron chi connectivity index (χ3n) is 2.76. The Kier molecular flexibility index (Phi) is 3.75. The lowest BCUT2D eigenvalue weighted by Crippen LogP contribution is -2.31. The molecule has 1 aliphatic carbocycles. The summed E-state index contributed by atoms with van der Waals surface area (Å²) in [6.45, 7) is 0.756. The molecule has 1 aliphatic rings. The molecule has 0 saturated heterocycles. The van der Waals surface area contributed by atoms with Crippen LogP contribution in [0, 0.1) is 5.92 Å². The van der Waals surface area contributed by atoms with Crippen molar-refractivity contribution >= 4 is 33.2 Å². The van der Waals surface area contributed by atoms with E-state index in [1.165, 1.54) is 30.6 Å². The van der Waals surface area contributed by atoms with E-state index in [2.05, 4.69) is 26.2 Å². The lowest BCUT2D eigenvalue weighted by molar-refractivity contribution is 0.0943. The molecule has 5 heteroatoms. The highest BCUT2D eigenvalue weighted by molar-refractivity contribution is 9.09. The number of thiazole rings is 1. The molecule has 15 heavy (non-hydrogen) atoms. The molecule has 3 nitrogen and oxygen atoms in total. The summed E-state index contributed by atoms with van der Waals surface area (Å²) in [6, 6.07) is 0. The molecule has 1 aromatic rings. The summed E-state index contributed by atoms with van der Waals surface area (Å²) in [6.07, 6.45) is 3.68. The van der Waals surface area contributed by atoms with Crippen LogP contribution >= 0.6 is 27.3 Å². The highest BCUT2D eigenvalue weighted by atomic mass is 79.9. The first-order valence-electron chi connectivity index (χ1n) is 5.08. The van der Waals surface area contributed by atoms with Crippen LogP contribution in [0.2, 0.25) is 0 Å². The number of nitrogens with zero attached hydrogens (tertiary/aromatic N) is 1. The van der Waals surface area contributed by atoms with Crippen LogP contribution in [0.15, 0.2) is 10.9 Å². The second kappa shape index (κ2) is 5.07. The lowest BCUT2D eigenvalue weighted by Gasteiger charge is -2.13. The molecular weight excluding hydrogens is 276 g/mol. The maximum absolute atomic E-state index is 11.6. The second-order valence-electron chi connectivity index (χ2n) is 3.79. The smallest absolute Gasteiger partial charge is 0.270 e. The van der Waals surface area contributed by atoms with Gasteiger partial charge in [0, 0.05) is 16.8 Å². The molecule has 2 unspecified atom stereocenters. The molecule has 1 amide bonds. The van der Waals surface area contributed by atoms with Crippen molar-refractivity contribution in [1.82, 2.24) is 10.3 Å². The number of carbonyl (C=O) groups excluding carboxylic acids is 1. The number of hydrogen-bond acceptors (Lipinski definition) is 3. The fraction of sp³-hybridized carbons (Fsp3) is 0.600. The molecule has 1 N–H and O–H groups in total. The number of amides is 1. The number of nitrogens with one attached hydrogen (secondary N) is 1. The van der Waals surface area contributed by atoms with Crippen LogP contribution in [-0.4, -0.2) is 22.3 Å². The quantitative estimate of drug-likeness (QED) is 0.868. The molecule has 0 bridgehead atoms. The van der Waals surface area contributed by atoms with Gasteiger partial charge in [0.2, 0.25) is 0 Å². The summed E-state index contributed by atoms with van der Waals surface area (Å²) in [7, 11) is 0. The third kappa shape index (κ3) is 2.78. The van der Waals surface area contributed by atoms with E-state index in [0.29, 0.717) is 16.4 Å². The summed E-state index contributed by atoms with van der Waals surface area (Å²) in [5.74, 6) is 0.524. The second-order valence-corrected chi connectivity index (χ2v) is 5.69. The van der Waals surface area contributed by atoms with Gasteiger partial charge in [-0.15, -0.1) is 11.3 Å². The first-order valence-corrected chi connectivity index (χ1v) is 6.93. The predicted molar refractivity (Wildman–Crippen MR) is 64.5 cm³/mol. The molecule has 2 rings (SSSR count). The Morgan fingerprint density at radius 2 is 2.53 bits per heavy atom. The number of aromatic nitrogens is 1. The van der Waals surface area contributed by atoms with Gasteiger partial charge in [0.1, 0.15) is 5.69 Å². The largest absolute Gasteiger partial charge is 0.350 e. The van der Waals surface area contributed by atoms with Gasteiger partial charge in [0.25, 0.3) is 5.91 Å². The normalized spacial score (nSPS) is 25.4. The van der Waals surface area contributed by atoms with Crippen molar-refractivity contribution in [2.75, 3.05) is 6.54 Å². The van der Waals surface area contributed by atoms with Crippen molar-refractivity contribution in [3.63, 3.8) is 0 Å². The van der Waals surface area contributed by atoms with E-state index < -0.39 is 0 Å². The van der Waals surface area contributed by atoms with Gasteiger partial charge in [-0.2, -0.15) is 0 Å². The molecule has 0 aromatic carbocycles. The molecule has 0 radical (unpaired) electrons. The molecular formula is C10H13BrN2OS. The molecule has 2 atom stereocenters. The highest BCUT2D eigenvalue weighted by Gasteiger charge is 2.25. The van der Waals surface area contributed by atoms with Crippen molar-refractivity contribution in [3.8, 4) is 0 Å². The topological polar surface area (TPSA) is 42.0 Å². The summed E-state index contributed by atoms with van der Waals surface area (Å²) >= 11 is 5.08. The summed E-state index contributed by atoms with van der Waals surface area (Å²) in [5, 5.41) is 4.71. The molecule has 82 valence electrons. The number of alkyl halides is 1. The summed E-state index contributed by atoms with van der Waals surface area (Å²) in [4.78, 5) is 16.1. The Morgan fingerprint density at radius 1 is 1.67 bits per heavy atom. The van der Waals surface area contributed by atoms with Crippen molar-refractivity contribution in [3.05, 3.63) is 16.6 Å². The average molecular weight is 289 g/mol. The highest BCUT2D eigenvalue weighted by Crippen LogP contribution is 2.30. The summed E-state index contributed by atoms with van der Waals surface area (Å²) < 4.78 is 0. The van der Waals surface area contributed by atoms with Crippen molar-refractivity contribution in [1.29, 1.82) is 0 Å². The lowest BCUT2D eigenvalue weighted by atomic mass is 10.1. The SMILES string of the molecule is O=C(NCC1CCCC1Br)c1cscn1. The fourth-order valence-corrected chi connectivity index (χ4v) is 3.17. The van der Waals surface area contributed by atoms with E-state index in [1.54, 1.807) is 10.9 Å². The van der Waals surface area contributed by atoms with E-state index in [1.807, 2.05) is 0 Å². The van der Waals surface area contributed by atoms with E-state index in [-0.39, 0.29) is 5.91 Å². The van der Waals surface area contributed by atoms with Crippen LogP contribution in [-0.2, 0) is 0 Å². The van der Waals surface area contributed by atoms with Gasteiger partial charge < -0.3 is 5.32 Å². The van der Waals surface area contributed by atoms with Crippen LogP contribution in [0.25, 0.3) is 0 Å². The molecule has 1 fully saturated rings. The van der Waals surface area contributed by atoms with Gasteiger partial charge in [-0.1, -0.05) is 22.4 Å². The van der Waals surface area contributed by atoms with E-state index >= 15 is 0 Å². The first kappa shape index (κ1) is 11.1. The van der Waals surface area contributed by atoms with Gasteiger partial charge in [0.05, 0.1) is 5.51 Å². The van der Waals surface area contributed by atoms with Crippen LogP contribution in [0.1, 0.15) is 29.8 Å². The van der Waals surface area contributed by atoms with Crippen molar-refractivity contribution in [2.24, 2.45) is 5.92 Å². The minimum absolute atomic E-state index is 0.0529. The fourth-order valence-electron chi connectivity index (χ4n) is 1.86. The minimum atomic E-state index is -0.0529. The van der Waals surface area contributed by atoms with Crippen LogP contribution < -0.4 is 5.32 Å². The van der Waals surface area contributed by atoms with Gasteiger partial charge >= 0.3 is 0 Å². The van der Waals surface area contributed by atoms with E-state index in [9.17, 15) is 4.79 Å². The Bertz CT molecular complexity index is 328. The minimum Gasteiger partial charge on any atom is -0.350 e. The average Bonchev–Trinajstić information content (AvgIpc) is 2.85. The Balaban J connectivity index is 1.81. The maximum atomic E-state index is 11.6. The molecule has 0 spiro atoms. The predicted octanol–water partition coefficient (Wildman–Crippen LogP) is 2.44. The van der Waals surface area contributed by atoms with Crippen molar-refractivity contribution in [2.45, 2.75) is 24.1 Å². The summed E-state index contributed by atoms with van der Waals surface area (Å²) in [5.41, 5.74) is 2.21. The van der Waals surface area contributed by atoms with E-state index in [4.69, 9.17) is 0 Å². The third-order valence-corrected chi connectivity index (χ3v) is 4.55. The van der Waals surface area contributed by atoms with Crippen LogP contribution in [0.5, 0.6) is 0 Å². The van der Waals surface area contributed by atoms with Gasteiger partial charge in [0.15, 0.2) is 0 Å². The Hall–Kier alpha value is -0.420.